The van der Waals surface area contributed by atoms with E-state index in [1.165, 1.54) is 13.2 Å². The fourth-order valence-corrected chi connectivity index (χ4v) is 4.24. The van der Waals surface area contributed by atoms with Crippen LogP contribution in [-0.4, -0.2) is 64.4 Å². The smallest absolute Gasteiger partial charge is 0.412 e. The van der Waals surface area contributed by atoms with E-state index in [9.17, 15) is 9.18 Å². The summed E-state index contributed by atoms with van der Waals surface area (Å²) in [6.45, 7) is 3.58. The van der Waals surface area contributed by atoms with Crippen LogP contribution in [0.25, 0.3) is 0 Å². The Morgan fingerprint density at radius 1 is 1.10 bits per heavy atom. The minimum atomic E-state index is -0.556. The van der Waals surface area contributed by atoms with Crippen molar-refractivity contribution in [2.45, 2.75) is 13.1 Å². The topological polar surface area (TPSA) is 157 Å². The lowest BCUT2D eigenvalue weighted by Gasteiger charge is -2.31. The molecule has 0 atom stereocenters. The van der Waals surface area contributed by atoms with Crippen LogP contribution < -0.4 is 24.6 Å². The van der Waals surface area contributed by atoms with E-state index in [0.29, 0.717) is 62.5 Å². The number of pyridine rings is 1. The van der Waals surface area contributed by atoms with Gasteiger partial charge >= 0.3 is 6.09 Å². The number of benzene rings is 1. The second-order valence-electron chi connectivity index (χ2n) is 8.75. The van der Waals surface area contributed by atoms with Crippen LogP contribution in [-0.2, 0) is 17.8 Å². The van der Waals surface area contributed by atoms with Crippen LogP contribution in [0.2, 0.25) is 0 Å². The lowest BCUT2D eigenvalue weighted by Crippen LogP contribution is -2.33. The molecule has 0 unspecified atom stereocenters. The number of ether oxygens (including phenoxy) is 3. The van der Waals surface area contributed by atoms with Crippen molar-refractivity contribution >= 4 is 23.4 Å². The number of aromatic amines is 2. The van der Waals surface area contributed by atoms with Gasteiger partial charge in [-0.2, -0.15) is 5.26 Å². The number of nitrogens with one attached hydrogen (secondary N) is 3. The van der Waals surface area contributed by atoms with E-state index in [2.05, 4.69) is 39.9 Å². The normalized spacial score (nSPS) is 13.4. The monoisotopic (exact) mass is 547 g/mol. The van der Waals surface area contributed by atoms with Crippen molar-refractivity contribution in [1.29, 1.82) is 5.26 Å². The van der Waals surface area contributed by atoms with Crippen LogP contribution in [0.15, 0.2) is 49.3 Å². The number of hydrogen-bond donors (Lipinski definition) is 3. The number of fused-ring (bicyclic) bond motifs is 2. The maximum absolute atomic E-state index is 13.8. The summed E-state index contributed by atoms with van der Waals surface area (Å²) in [7, 11) is 1.31. The predicted molar refractivity (Wildman–Crippen MR) is 142 cm³/mol. The lowest BCUT2D eigenvalue weighted by atomic mass is 10.1. The van der Waals surface area contributed by atoms with E-state index < -0.39 is 11.9 Å². The summed E-state index contributed by atoms with van der Waals surface area (Å²) in [6.07, 6.45) is 6.17. The van der Waals surface area contributed by atoms with Crippen molar-refractivity contribution in [2.75, 3.05) is 48.5 Å². The van der Waals surface area contributed by atoms with Gasteiger partial charge in [-0.1, -0.05) is 0 Å². The molecule has 3 N–H and O–H groups in total. The van der Waals surface area contributed by atoms with Crippen LogP contribution in [0.1, 0.15) is 17.0 Å². The van der Waals surface area contributed by atoms with Gasteiger partial charge in [0.15, 0.2) is 23.1 Å². The average molecular weight is 548 g/mol. The van der Waals surface area contributed by atoms with Gasteiger partial charge in [0.05, 0.1) is 74.7 Å². The summed E-state index contributed by atoms with van der Waals surface area (Å²) >= 11 is 0. The first-order chi connectivity index (χ1) is 19.5. The Hall–Kier alpha value is -5.32. The molecule has 5 heterocycles. The van der Waals surface area contributed by atoms with Gasteiger partial charge in [0.1, 0.15) is 19.0 Å². The van der Waals surface area contributed by atoms with Gasteiger partial charge in [-0.05, 0) is 24.3 Å². The Labute approximate surface area is 228 Å². The third-order valence-electron chi connectivity index (χ3n) is 6.11. The number of methoxy groups -OCH3 is 1. The van der Waals surface area contributed by atoms with Crippen LogP contribution in [0.3, 0.4) is 0 Å². The SMILES string of the molecule is COC(=O)Nc1ccc2c(n1)N(Cc1cnc[nH]1)CCO2.N#Cc1cc(F)c2c(c1)N(Cc1cnc[nH]1)CCO2. The van der Waals surface area contributed by atoms with E-state index in [1.54, 1.807) is 43.2 Å². The molecule has 13 nitrogen and oxygen atoms in total. The minimum absolute atomic E-state index is 0.213. The number of carbonyl (C=O) groups excluding carboxylic acids is 1. The molecule has 0 spiro atoms. The second-order valence-corrected chi connectivity index (χ2v) is 8.75. The van der Waals surface area contributed by atoms with E-state index in [4.69, 9.17) is 14.7 Å². The van der Waals surface area contributed by atoms with Gasteiger partial charge in [0.25, 0.3) is 0 Å². The summed E-state index contributed by atoms with van der Waals surface area (Å²) in [5.41, 5.74) is 2.81. The van der Waals surface area contributed by atoms with E-state index in [0.717, 1.165) is 11.4 Å². The van der Waals surface area contributed by atoms with Gasteiger partial charge in [0, 0.05) is 12.4 Å². The molecule has 1 aromatic carbocycles. The summed E-state index contributed by atoms with van der Waals surface area (Å²) in [5.74, 6) is 1.51. The Balaban J connectivity index is 0.000000162. The average Bonchev–Trinajstić information content (AvgIpc) is 3.69. The fourth-order valence-electron chi connectivity index (χ4n) is 4.24. The van der Waals surface area contributed by atoms with Crippen molar-refractivity contribution in [1.82, 2.24) is 24.9 Å². The Morgan fingerprint density at radius 3 is 2.48 bits per heavy atom. The van der Waals surface area contributed by atoms with Gasteiger partial charge in [-0.25, -0.2) is 24.1 Å². The molecule has 2 aliphatic rings. The lowest BCUT2D eigenvalue weighted by molar-refractivity contribution is 0.187. The van der Waals surface area contributed by atoms with E-state index >= 15 is 0 Å². The number of H-pyrrole nitrogens is 2. The number of nitrogens with zero attached hydrogens (tertiary/aromatic N) is 6. The van der Waals surface area contributed by atoms with Gasteiger partial charge in [-0.3, -0.25) is 5.32 Å². The number of amides is 1. The Morgan fingerprint density at radius 2 is 1.80 bits per heavy atom. The molecule has 1 amide bonds. The van der Waals surface area contributed by atoms with E-state index in [1.807, 2.05) is 11.0 Å². The zero-order valence-corrected chi connectivity index (χ0v) is 21.6. The first kappa shape index (κ1) is 26.3. The zero-order valence-electron chi connectivity index (χ0n) is 21.6. The quantitative estimate of drug-likeness (QED) is 0.339. The van der Waals surface area contributed by atoms with Crippen LogP contribution in [0.5, 0.6) is 11.5 Å². The summed E-state index contributed by atoms with van der Waals surface area (Å²) in [6, 6.07) is 8.26. The number of aromatic nitrogens is 5. The number of imidazole rings is 2. The third-order valence-corrected chi connectivity index (χ3v) is 6.11. The summed E-state index contributed by atoms with van der Waals surface area (Å²) in [4.78, 5) is 33.7. The number of hydrogen-bond acceptors (Lipinski definition) is 10. The standard InChI is InChI=1S/C13H11FN4O.C13H15N5O3/c14-11-3-9(5-15)4-12-13(11)19-2-1-18(12)7-10-6-16-8-17-10;1-20-13(19)17-11-3-2-10-12(16-11)18(4-5-21-10)7-9-6-14-8-15-9/h3-4,6,8H,1-2,7H2,(H,16,17);2-3,6,8H,4-5,7H2,1H3,(H,14,15)(H,16,17,19). The van der Waals surface area contributed by atoms with Gasteiger partial charge < -0.3 is 34.0 Å². The van der Waals surface area contributed by atoms with Crippen LogP contribution in [0.4, 0.5) is 26.5 Å². The molecule has 0 radical (unpaired) electrons. The second kappa shape index (κ2) is 12.0. The van der Waals surface area contributed by atoms with Gasteiger partial charge in [0.2, 0.25) is 0 Å². The number of halogens is 1. The van der Waals surface area contributed by atoms with Crippen molar-refractivity contribution in [3.63, 3.8) is 0 Å². The molecule has 6 rings (SSSR count). The first-order valence-corrected chi connectivity index (χ1v) is 12.3. The van der Waals surface area contributed by atoms with Gasteiger partial charge in [-0.15, -0.1) is 0 Å². The number of nitriles is 1. The van der Waals surface area contributed by atoms with Crippen molar-refractivity contribution in [3.05, 3.63) is 72.1 Å². The van der Waals surface area contributed by atoms with Crippen LogP contribution in [0, 0.1) is 17.1 Å². The van der Waals surface area contributed by atoms with Crippen molar-refractivity contribution < 1.29 is 23.4 Å². The van der Waals surface area contributed by atoms with Crippen molar-refractivity contribution in [3.8, 4) is 17.6 Å². The molecular formula is C26H26FN9O4. The Bertz CT molecular complexity index is 1490. The molecule has 2 aliphatic heterocycles. The highest BCUT2D eigenvalue weighted by atomic mass is 19.1. The number of rotatable bonds is 5. The molecule has 0 saturated carbocycles. The molecule has 0 bridgehead atoms. The highest BCUT2D eigenvalue weighted by molar-refractivity contribution is 5.83. The summed E-state index contributed by atoms with van der Waals surface area (Å²) < 4.78 is 29.3. The maximum atomic E-state index is 13.8. The molecular weight excluding hydrogens is 521 g/mol. The molecule has 0 saturated heterocycles. The molecule has 3 aromatic heterocycles. The number of anilines is 3. The summed E-state index contributed by atoms with van der Waals surface area (Å²) in [5, 5.41) is 11.5. The van der Waals surface area contributed by atoms with E-state index in [-0.39, 0.29) is 11.3 Å². The third kappa shape index (κ3) is 6.04. The highest BCUT2D eigenvalue weighted by Gasteiger charge is 2.23. The first-order valence-electron chi connectivity index (χ1n) is 12.3. The largest absolute Gasteiger partial charge is 0.488 e. The zero-order chi connectivity index (χ0) is 27.9. The number of carbonyl (C=O) groups is 1. The molecule has 4 aromatic rings. The fraction of sp³-hybridized carbons (Fsp3) is 0.269. The highest BCUT2D eigenvalue weighted by Crippen LogP contribution is 2.36. The van der Waals surface area contributed by atoms with Crippen LogP contribution >= 0.6 is 0 Å². The molecule has 40 heavy (non-hydrogen) atoms. The Kier molecular flexibility index (Phi) is 7.91. The van der Waals surface area contributed by atoms with Crippen molar-refractivity contribution in [2.24, 2.45) is 0 Å². The molecule has 0 fully saturated rings. The minimum Gasteiger partial charge on any atom is -0.488 e. The predicted octanol–water partition coefficient (Wildman–Crippen LogP) is 3.20. The molecule has 206 valence electrons. The molecule has 0 aliphatic carbocycles. The molecule has 14 heteroatoms. The maximum Gasteiger partial charge on any atom is 0.412 e.